The zero-order chi connectivity index (χ0) is 19.6. The van der Waals surface area contributed by atoms with Gasteiger partial charge in [-0.2, -0.15) is 10.1 Å². The minimum absolute atomic E-state index is 0.256. The molecular formula is C20H20BrN3O3. The normalized spacial score (nSPS) is 12.8. The molecule has 7 heteroatoms. The number of urea groups is 1. The van der Waals surface area contributed by atoms with Gasteiger partial charge in [0.05, 0.1) is 20.4 Å². The van der Waals surface area contributed by atoms with Crippen LogP contribution in [0.4, 0.5) is 10.5 Å². The molecule has 0 bridgehead atoms. The van der Waals surface area contributed by atoms with E-state index in [0.29, 0.717) is 17.2 Å². The van der Waals surface area contributed by atoms with E-state index < -0.39 is 0 Å². The number of carbonyl (C=O) groups is 1. The lowest BCUT2D eigenvalue weighted by Crippen LogP contribution is -2.37. The molecule has 0 N–H and O–H groups in total. The summed E-state index contributed by atoms with van der Waals surface area (Å²) in [6.07, 6.45) is 3.55. The Kier molecular flexibility index (Phi) is 5.51. The average molecular weight is 430 g/mol. The predicted octanol–water partition coefficient (Wildman–Crippen LogP) is 4.73. The molecule has 0 spiro atoms. The standard InChI is InChI=1S/C20H20BrN3O3/c1-13-9-14-10-18(26-3)19(27-4)11-15(14)12-22-24(13)20(25)23(2)17-7-5-16(21)6-8-17/h5-12H,1-4H3. The molecule has 140 valence electrons. The predicted molar refractivity (Wildman–Crippen MR) is 111 cm³/mol. The first-order chi connectivity index (χ1) is 12.9. The van der Waals surface area contributed by atoms with Gasteiger partial charge in [0.2, 0.25) is 0 Å². The number of hydrogen-bond acceptors (Lipinski definition) is 4. The summed E-state index contributed by atoms with van der Waals surface area (Å²) in [6.45, 7) is 1.84. The van der Waals surface area contributed by atoms with Crippen molar-refractivity contribution in [2.24, 2.45) is 5.10 Å². The lowest BCUT2D eigenvalue weighted by molar-refractivity contribution is 0.221. The van der Waals surface area contributed by atoms with E-state index >= 15 is 0 Å². The van der Waals surface area contributed by atoms with Gasteiger partial charge >= 0.3 is 6.03 Å². The maximum atomic E-state index is 13.0. The highest BCUT2D eigenvalue weighted by Gasteiger charge is 2.22. The average Bonchev–Trinajstić information content (AvgIpc) is 2.83. The van der Waals surface area contributed by atoms with Gasteiger partial charge in [0.25, 0.3) is 0 Å². The van der Waals surface area contributed by atoms with Crippen molar-refractivity contribution < 1.29 is 14.3 Å². The summed E-state index contributed by atoms with van der Waals surface area (Å²) in [5.74, 6) is 1.24. The Bertz CT molecular complexity index is 923. The molecule has 0 aromatic heterocycles. The second kappa shape index (κ2) is 7.84. The molecule has 2 aromatic rings. The van der Waals surface area contributed by atoms with Gasteiger partial charge in [-0.05, 0) is 55.0 Å². The van der Waals surface area contributed by atoms with Crippen LogP contribution in [0.5, 0.6) is 11.5 Å². The van der Waals surface area contributed by atoms with E-state index in [9.17, 15) is 4.79 Å². The van der Waals surface area contributed by atoms with Crippen molar-refractivity contribution in [2.45, 2.75) is 6.92 Å². The van der Waals surface area contributed by atoms with Crippen LogP contribution in [-0.2, 0) is 0 Å². The Labute approximate surface area is 166 Å². The summed E-state index contributed by atoms with van der Waals surface area (Å²) in [5.41, 5.74) is 3.21. The molecule has 2 aromatic carbocycles. The second-order valence-electron chi connectivity index (χ2n) is 6.00. The Balaban J connectivity index is 1.94. The van der Waals surface area contributed by atoms with Gasteiger partial charge in [0.1, 0.15) is 0 Å². The zero-order valence-corrected chi connectivity index (χ0v) is 17.1. The first kappa shape index (κ1) is 19.0. The monoisotopic (exact) mass is 429 g/mol. The summed E-state index contributed by atoms with van der Waals surface area (Å²) < 4.78 is 11.7. The lowest BCUT2D eigenvalue weighted by Gasteiger charge is -2.24. The molecule has 1 heterocycles. The van der Waals surface area contributed by atoms with Crippen LogP contribution in [-0.4, -0.2) is 38.5 Å². The van der Waals surface area contributed by atoms with Crippen LogP contribution in [0, 0.1) is 0 Å². The number of halogens is 1. The van der Waals surface area contributed by atoms with Crippen molar-refractivity contribution in [1.29, 1.82) is 0 Å². The van der Waals surface area contributed by atoms with Crippen LogP contribution in [0.3, 0.4) is 0 Å². The van der Waals surface area contributed by atoms with Crippen LogP contribution in [0.25, 0.3) is 6.08 Å². The van der Waals surface area contributed by atoms with Crippen molar-refractivity contribution in [2.75, 3.05) is 26.2 Å². The number of methoxy groups -OCH3 is 2. The molecule has 0 fully saturated rings. The summed E-state index contributed by atoms with van der Waals surface area (Å²) in [6, 6.07) is 11.0. The van der Waals surface area contributed by atoms with Gasteiger partial charge in [0.15, 0.2) is 11.5 Å². The largest absolute Gasteiger partial charge is 0.493 e. The van der Waals surface area contributed by atoms with Gasteiger partial charge in [0, 0.05) is 28.5 Å². The third kappa shape index (κ3) is 3.83. The first-order valence-electron chi connectivity index (χ1n) is 8.26. The highest BCUT2D eigenvalue weighted by Crippen LogP contribution is 2.32. The fourth-order valence-corrected chi connectivity index (χ4v) is 3.03. The van der Waals surface area contributed by atoms with Crippen LogP contribution in [0.1, 0.15) is 18.1 Å². The fourth-order valence-electron chi connectivity index (χ4n) is 2.76. The van der Waals surface area contributed by atoms with Crippen LogP contribution in [0.15, 0.2) is 51.7 Å². The van der Waals surface area contributed by atoms with Crippen molar-refractivity contribution in [1.82, 2.24) is 5.01 Å². The third-order valence-electron chi connectivity index (χ3n) is 4.28. The number of anilines is 1. The minimum Gasteiger partial charge on any atom is -0.493 e. The minimum atomic E-state index is -0.256. The van der Waals surface area contributed by atoms with E-state index in [-0.39, 0.29) is 6.03 Å². The Hall–Kier alpha value is -2.80. The Morgan fingerprint density at radius 3 is 2.26 bits per heavy atom. The second-order valence-corrected chi connectivity index (χ2v) is 6.91. The number of benzene rings is 2. The van der Waals surface area contributed by atoms with Gasteiger partial charge in [-0.25, -0.2) is 4.79 Å². The van der Waals surface area contributed by atoms with Crippen molar-refractivity contribution in [3.63, 3.8) is 0 Å². The van der Waals surface area contributed by atoms with Crippen molar-refractivity contribution >= 4 is 39.9 Å². The highest BCUT2D eigenvalue weighted by molar-refractivity contribution is 9.10. The molecule has 0 unspecified atom stereocenters. The molecule has 2 amide bonds. The number of hydrogen-bond donors (Lipinski definition) is 0. The van der Waals surface area contributed by atoms with E-state index in [1.54, 1.807) is 32.4 Å². The number of fused-ring (bicyclic) bond motifs is 1. The number of rotatable bonds is 3. The van der Waals surface area contributed by atoms with Crippen molar-refractivity contribution in [3.8, 4) is 11.5 Å². The van der Waals surface area contributed by atoms with E-state index in [0.717, 1.165) is 21.3 Å². The number of hydrazone groups is 1. The molecule has 0 saturated carbocycles. The molecular weight excluding hydrogens is 410 g/mol. The van der Waals surface area contributed by atoms with Crippen LogP contribution >= 0.6 is 15.9 Å². The van der Waals surface area contributed by atoms with Crippen molar-refractivity contribution in [3.05, 3.63) is 57.7 Å². The van der Waals surface area contributed by atoms with Gasteiger partial charge in [-0.3, -0.25) is 4.90 Å². The summed E-state index contributed by atoms with van der Waals surface area (Å²) >= 11 is 3.40. The molecule has 3 rings (SSSR count). The van der Waals surface area contributed by atoms with Crippen LogP contribution in [0.2, 0.25) is 0 Å². The van der Waals surface area contributed by atoms with Gasteiger partial charge in [-0.1, -0.05) is 15.9 Å². The van der Waals surface area contributed by atoms with E-state index in [4.69, 9.17) is 9.47 Å². The molecule has 27 heavy (non-hydrogen) atoms. The fraction of sp³-hybridized carbons (Fsp3) is 0.200. The SMILES string of the molecule is COc1cc2c(cc1OC)C=C(C)N(C(=O)N(C)c1ccc(Br)cc1)N=C2. The number of ether oxygens (including phenoxy) is 2. The van der Waals surface area contributed by atoms with E-state index in [1.807, 2.05) is 49.4 Å². The quantitative estimate of drug-likeness (QED) is 0.708. The zero-order valence-electron chi connectivity index (χ0n) is 15.6. The molecule has 0 saturated heterocycles. The molecule has 0 aliphatic carbocycles. The summed E-state index contributed by atoms with van der Waals surface area (Å²) in [5, 5.41) is 5.76. The maximum absolute atomic E-state index is 13.0. The molecule has 0 radical (unpaired) electrons. The lowest BCUT2D eigenvalue weighted by atomic mass is 10.1. The van der Waals surface area contributed by atoms with Gasteiger partial charge in [-0.15, -0.1) is 0 Å². The van der Waals surface area contributed by atoms with E-state index in [1.165, 1.54) is 5.01 Å². The highest BCUT2D eigenvalue weighted by atomic mass is 79.9. The van der Waals surface area contributed by atoms with E-state index in [2.05, 4.69) is 21.0 Å². The number of amides is 2. The number of allylic oxidation sites excluding steroid dienone is 1. The Morgan fingerprint density at radius 1 is 1.07 bits per heavy atom. The summed E-state index contributed by atoms with van der Waals surface area (Å²) in [4.78, 5) is 14.5. The topological polar surface area (TPSA) is 54.4 Å². The molecule has 6 nitrogen and oxygen atoms in total. The molecule has 0 atom stereocenters. The summed E-state index contributed by atoms with van der Waals surface area (Å²) in [7, 11) is 4.90. The first-order valence-corrected chi connectivity index (χ1v) is 9.05. The third-order valence-corrected chi connectivity index (χ3v) is 4.81. The molecule has 1 aliphatic heterocycles. The van der Waals surface area contributed by atoms with Gasteiger partial charge < -0.3 is 9.47 Å². The van der Waals surface area contributed by atoms with Crippen LogP contribution < -0.4 is 14.4 Å². The Morgan fingerprint density at radius 2 is 1.67 bits per heavy atom. The maximum Gasteiger partial charge on any atom is 0.349 e. The number of carbonyl (C=O) groups excluding carboxylic acids is 1. The number of nitrogens with zero attached hydrogens (tertiary/aromatic N) is 3. The molecule has 1 aliphatic rings. The smallest absolute Gasteiger partial charge is 0.349 e.